The minimum atomic E-state index is -0.299. The lowest BCUT2D eigenvalue weighted by atomic mass is 10.0. The third kappa shape index (κ3) is 4.58. The van der Waals surface area contributed by atoms with Gasteiger partial charge >= 0.3 is 5.69 Å². The summed E-state index contributed by atoms with van der Waals surface area (Å²) in [5.74, 6) is 0.125. The zero-order chi connectivity index (χ0) is 20.1. The molecule has 8 heteroatoms. The van der Waals surface area contributed by atoms with E-state index in [-0.39, 0.29) is 17.7 Å². The molecule has 0 spiro atoms. The van der Waals surface area contributed by atoms with Crippen molar-refractivity contribution in [2.24, 2.45) is 16.5 Å². The Morgan fingerprint density at radius 3 is 2.75 bits per heavy atom. The highest BCUT2D eigenvalue weighted by Crippen LogP contribution is 2.19. The molecule has 1 atom stereocenters. The monoisotopic (exact) mass is 381 g/mol. The van der Waals surface area contributed by atoms with Gasteiger partial charge in [-0.1, -0.05) is 19.1 Å². The van der Waals surface area contributed by atoms with Crippen LogP contribution >= 0.6 is 0 Å². The number of hydrogen-bond donors (Lipinski definition) is 4. The Labute approximate surface area is 163 Å². The third-order valence-electron chi connectivity index (χ3n) is 4.64. The fourth-order valence-corrected chi connectivity index (χ4v) is 3.24. The molecule has 3 rings (SSSR count). The van der Waals surface area contributed by atoms with Crippen molar-refractivity contribution in [1.29, 1.82) is 0 Å². The number of aromatic amines is 1. The first-order chi connectivity index (χ1) is 13.5. The van der Waals surface area contributed by atoms with Crippen LogP contribution in [-0.2, 0) is 0 Å². The van der Waals surface area contributed by atoms with Crippen molar-refractivity contribution in [1.82, 2.24) is 19.9 Å². The topological polar surface area (TPSA) is 127 Å². The Morgan fingerprint density at radius 1 is 1.32 bits per heavy atom. The lowest BCUT2D eigenvalue weighted by molar-refractivity contribution is 0.513. The first-order valence-electron chi connectivity index (χ1n) is 9.46. The molecule has 0 amide bonds. The maximum atomic E-state index is 12.4. The van der Waals surface area contributed by atoms with Crippen LogP contribution in [0, 0.1) is 6.92 Å². The molecule has 2 aromatic heterocycles. The van der Waals surface area contributed by atoms with E-state index in [2.05, 4.69) is 27.2 Å². The third-order valence-corrected chi connectivity index (χ3v) is 4.64. The number of aliphatic imine (C=N–C) groups is 1. The number of nitrogens with zero attached hydrogens (tertiary/aromatic N) is 3. The SMILES string of the molecule is CC[C@H](NCCCN=C(N)N)c1ccc(-n2cc3cc(C)[nH]c3nc2=O)cc1. The van der Waals surface area contributed by atoms with E-state index in [1.54, 1.807) is 4.57 Å². The van der Waals surface area contributed by atoms with Crippen molar-refractivity contribution >= 4 is 17.0 Å². The largest absolute Gasteiger partial charge is 0.370 e. The van der Waals surface area contributed by atoms with E-state index in [1.165, 1.54) is 5.56 Å². The second kappa shape index (κ2) is 8.71. The van der Waals surface area contributed by atoms with Crippen LogP contribution in [0.2, 0.25) is 0 Å². The maximum absolute atomic E-state index is 12.4. The lowest BCUT2D eigenvalue weighted by Gasteiger charge is -2.18. The summed E-state index contributed by atoms with van der Waals surface area (Å²) in [4.78, 5) is 23.6. The molecule has 0 aliphatic heterocycles. The number of guanidine groups is 1. The molecule has 0 radical (unpaired) electrons. The molecule has 28 heavy (non-hydrogen) atoms. The summed E-state index contributed by atoms with van der Waals surface area (Å²) in [5.41, 5.74) is 13.9. The van der Waals surface area contributed by atoms with Crippen LogP contribution in [0.5, 0.6) is 0 Å². The number of rotatable bonds is 8. The number of H-pyrrole nitrogens is 1. The van der Waals surface area contributed by atoms with Crippen molar-refractivity contribution in [3.8, 4) is 5.69 Å². The Morgan fingerprint density at radius 2 is 2.07 bits per heavy atom. The summed E-state index contributed by atoms with van der Waals surface area (Å²) in [7, 11) is 0. The minimum Gasteiger partial charge on any atom is -0.370 e. The molecule has 148 valence electrons. The van der Waals surface area contributed by atoms with Gasteiger partial charge in [-0.05, 0) is 50.1 Å². The van der Waals surface area contributed by atoms with Gasteiger partial charge in [-0.15, -0.1) is 0 Å². The van der Waals surface area contributed by atoms with Crippen LogP contribution in [0.1, 0.15) is 37.1 Å². The number of hydrogen-bond acceptors (Lipinski definition) is 4. The second-order valence-corrected chi connectivity index (χ2v) is 6.82. The van der Waals surface area contributed by atoms with E-state index >= 15 is 0 Å². The van der Waals surface area contributed by atoms with E-state index in [0.29, 0.717) is 12.2 Å². The van der Waals surface area contributed by atoms with Gasteiger partial charge in [0.25, 0.3) is 0 Å². The second-order valence-electron chi connectivity index (χ2n) is 6.82. The quantitative estimate of drug-likeness (QED) is 0.268. The van der Waals surface area contributed by atoms with Gasteiger partial charge in [0.15, 0.2) is 5.96 Å². The van der Waals surface area contributed by atoms with Crippen molar-refractivity contribution in [3.63, 3.8) is 0 Å². The molecule has 6 N–H and O–H groups in total. The zero-order valence-corrected chi connectivity index (χ0v) is 16.3. The minimum absolute atomic E-state index is 0.125. The summed E-state index contributed by atoms with van der Waals surface area (Å²) in [6.07, 6.45) is 3.64. The Kier molecular flexibility index (Phi) is 6.10. The van der Waals surface area contributed by atoms with Gasteiger partial charge < -0.3 is 21.8 Å². The molecule has 0 bridgehead atoms. The number of nitrogens with one attached hydrogen (secondary N) is 2. The van der Waals surface area contributed by atoms with E-state index < -0.39 is 0 Å². The van der Waals surface area contributed by atoms with Gasteiger partial charge in [-0.3, -0.25) is 9.56 Å². The van der Waals surface area contributed by atoms with Gasteiger partial charge in [-0.2, -0.15) is 4.98 Å². The fourth-order valence-electron chi connectivity index (χ4n) is 3.24. The first kappa shape index (κ1) is 19.6. The molecule has 3 aromatic rings. The van der Waals surface area contributed by atoms with E-state index in [9.17, 15) is 4.79 Å². The molecule has 0 fully saturated rings. The number of fused-ring (bicyclic) bond motifs is 1. The lowest BCUT2D eigenvalue weighted by Crippen LogP contribution is -2.25. The van der Waals surface area contributed by atoms with Gasteiger partial charge in [0.1, 0.15) is 5.65 Å². The van der Waals surface area contributed by atoms with Crippen molar-refractivity contribution in [2.75, 3.05) is 13.1 Å². The number of benzene rings is 1. The summed E-state index contributed by atoms with van der Waals surface area (Å²) >= 11 is 0. The molecule has 2 heterocycles. The molecule has 0 unspecified atom stereocenters. The normalized spacial score (nSPS) is 12.2. The fraction of sp³-hybridized carbons (Fsp3) is 0.350. The number of aromatic nitrogens is 3. The molecule has 0 saturated carbocycles. The standard InChI is InChI=1S/C20H27N7O/c1-3-17(23-9-4-10-24-19(21)22)14-5-7-16(8-6-14)27-12-15-11-13(2)25-18(15)26-20(27)28/h5-8,11-12,17,23H,3-4,9-10H2,1-2H3,(H4,21,22,24)(H,25,26,28)/t17-/m0/s1. The highest BCUT2D eigenvalue weighted by atomic mass is 16.1. The Bertz CT molecular complexity index is 1010. The van der Waals surface area contributed by atoms with Gasteiger partial charge in [0.2, 0.25) is 0 Å². The molecule has 0 aliphatic rings. The number of aryl methyl sites for hydroxylation is 1. The highest BCUT2D eigenvalue weighted by Gasteiger charge is 2.10. The summed E-state index contributed by atoms with van der Waals surface area (Å²) in [6.45, 7) is 5.52. The number of nitrogens with two attached hydrogens (primary N) is 2. The van der Waals surface area contributed by atoms with Gasteiger partial charge in [-0.25, -0.2) is 4.79 Å². The predicted molar refractivity (Wildman–Crippen MR) is 113 cm³/mol. The van der Waals surface area contributed by atoms with Gasteiger partial charge in [0.05, 0.1) is 5.69 Å². The molecule has 8 nitrogen and oxygen atoms in total. The van der Waals surface area contributed by atoms with Crippen LogP contribution < -0.4 is 22.5 Å². The molecule has 0 aliphatic carbocycles. The smallest absolute Gasteiger partial charge is 0.354 e. The van der Waals surface area contributed by atoms with Crippen LogP contribution in [0.15, 0.2) is 46.3 Å². The summed E-state index contributed by atoms with van der Waals surface area (Å²) < 4.78 is 1.57. The maximum Gasteiger partial charge on any atom is 0.354 e. The molecular weight excluding hydrogens is 354 g/mol. The average molecular weight is 381 g/mol. The van der Waals surface area contributed by atoms with Crippen LogP contribution in [0.25, 0.3) is 16.7 Å². The van der Waals surface area contributed by atoms with Crippen LogP contribution in [0.3, 0.4) is 0 Å². The van der Waals surface area contributed by atoms with Gasteiger partial charge in [0, 0.05) is 29.9 Å². The Balaban J connectivity index is 1.72. The molecule has 1 aromatic carbocycles. The van der Waals surface area contributed by atoms with Crippen LogP contribution in [0.4, 0.5) is 0 Å². The van der Waals surface area contributed by atoms with E-state index in [1.807, 2.05) is 43.5 Å². The highest BCUT2D eigenvalue weighted by molar-refractivity contribution is 5.76. The Hall–Kier alpha value is -3.13. The molecular formula is C20H27N7O. The predicted octanol–water partition coefficient (Wildman–Crippen LogP) is 1.73. The molecule has 0 saturated heterocycles. The summed E-state index contributed by atoms with van der Waals surface area (Å²) in [5, 5.41) is 4.43. The van der Waals surface area contributed by atoms with E-state index in [4.69, 9.17) is 11.5 Å². The first-order valence-corrected chi connectivity index (χ1v) is 9.46. The van der Waals surface area contributed by atoms with Crippen LogP contribution in [-0.4, -0.2) is 33.6 Å². The summed E-state index contributed by atoms with van der Waals surface area (Å²) in [6, 6.07) is 10.2. The zero-order valence-electron chi connectivity index (χ0n) is 16.3. The average Bonchev–Trinajstić information content (AvgIpc) is 3.03. The van der Waals surface area contributed by atoms with E-state index in [0.717, 1.165) is 36.2 Å². The van der Waals surface area contributed by atoms with Crippen molar-refractivity contribution in [2.45, 2.75) is 32.7 Å². The van der Waals surface area contributed by atoms with Crippen molar-refractivity contribution in [3.05, 3.63) is 58.3 Å². The van der Waals surface area contributed by atoms with Crippen molar-refractivity contribution < 1.29 is 0 Å².